The van der Waals surface area contributed by atoms with Crippen LogP contribution in [0.15, 0.2) is 55.5 Å². The molecule has 0 saturated heterocycles. The van der Waals surface area contributed by atoms with Crippen molar-refractivity contribution in [2.24, 2.45) is 4.99 Å². The molecule has 0 aliphatic carbocycles. The number of aromatic nitrogens is 2. The van der Waals surface area contributed by atoms with Gasteiger partial charge in [-0.2, -0.15) is 0 Å². The van der Waals surface area contributed by atoms with Gasteiger partial charge in [0.1, 0.15) is 11.3 Å². The van der Waals surface area contributed by atoms with Crippen LogP contribution in [0, 0.1) is 24.0 Å². The maximum absolute atomic E-state index is 12.4. The zero-order valence-electron chi connectivity index (χ0n) is 15.3. The van der Waals surface area contributed by atoms with Crippen molar-refractivity contribution in [3.8, 4) is 11.6 Å². The predicted molar refractivity (Wildman–Crippen MR) is 112 cm³/mol. The first-order valence-corrected chi connectivity index (χ1v) is 9.13. The highest BCUT2D eigenvalue weighted by atomic mass is 79.9. The molecule has 148 valence electrons. The van der Waals surface area contributed by atoms with Crippen molar-refractivity contribution in [2.75, 3.05) is 0 Å². The normalized spacial score (nSPS) is 11.1. The van der Waals surface area contributed by atoms with Crippen molar-refractivity contribution in [3.63, 3.8) is 0 Å². The number of para-hydroxylation sites is 2. The number of nitro benzene ring substituents is 1. The van der Waals surface area contributed by atoms with E-state index < -0.39 is 22.1 Å². The summed E-state index contributed by atoms with van der Waals surface area (Å²) in [5, 5.41) is 21.8. The maximum atomic E-state index is 12.4. The summed E-state index contributed by atoms with van der Waals surface area (Å²) in [4.78, 5) is 41.2. The summed E-state index contributed by atoms with van der Waals surface area (Å²) in [5.74, 6) is -0.620. The summed E-state index contributed by atoms with van der Waals surface area (Å²) in [6.45, 7) is 3.56. The third-order valence-electron chi connectivity index (χ3n) is 4.25. The summed E-state index contributed by atoms with van der Waals surface area (Å²) in [6.07, 6.45) is 0.994. The Kier molecular flexibility index (Phi) is 5.46. The van der Waals surface area contributed by atoms with Gasteiger partial charge in [0.25, 0.3) is 11.2 Å². The standard InChI is InChI=1S/C19H15BrN4O5/c1-10-8-16(11(2)7-13(10)20)23-18(26)12(17(25)22-19(23)27)9-21-14-5-3-4-6-15(14)24(28)29/h3-9,26H,1-2H3,(H,22,25,27). The van der Waals surface area contributed by atoms with Gasteiger partial charge < -0.3 is 5.11 Å². The molecular formula is C19H15BrN4O5. The molecule has 3 aromatic rings. The minimum Gasteiger partial charge on any atom is -0.493 e. The van der Waals surface area contributed by atoms with Crippen molar-refractivity contribution in [3.05, 3.63) is 88.5 Å². The quantitative estimate of drug-likeness (QED) is 0.351. The number of aliphatic imine (C=N–C) groups is 1. The van der Waals surface area contributed by atoms with Crippen molar-refractivity contribution >= 4 is 33.5 Å². The SMILES string of the molecule is Cc1cc(-n2c(O)c(C=Nc3ccccc3[N+](=O)[O-])c(=O)[nH]c2=O)c(C)cc1Br. The molecule has 3 rings (SSSR count). The van der Waals surface area contributed by atoms with Crippen LogP contribution >= 0.6 is 15.9 Å². The molecule has 29 heavy (non-hydrogen) atoms. The maximum Gasteiger partial charge on any atom is 0.335 e. The number of nitrogens with one attached hydrogen (secondary N) is 1. The van der Waals surface area contributed by atoms with E-state index in [1.54, 1.807) is 25.1 Å². The summed E-state index contributed by atoms with van der Waals surface area (Å²) in [5.41, 5.74) is -0.367. The Bertz CT molecular complexity index is 1280. The molecule has 0 spiro atoms. The molecule has 0 unspecified atom stereocenters. The molecule has 0 atom stereocenters. The number of H-pyrrole nitrogens is 1. The Morgan fingerprint density at radius 1 is 1.21 bits per heavy atom. The average Bonchev–Trinajstić information content (AvgIpc) is 2.65. The topological polar surface area (TPSA) is 131 Å². The second kappa shape index (κ2) is 7.84. The second-order valence-electron chi connectivity index (χ2n) is 6.22. The predicted octanol–water partition coefficient (Wildman–Crippen LogP) is 3.27. The highest BCUT2D eigenvalue weighted by molar-refractivity contribution is 9.10. The highest BCUT2D eigenvalue weighted by Gasteiger charge is 2.17. The van der Waals surface area contributed by atoms with Gasteiger partial charge in [0.05, 0.1) is 10.6 Å². The van der Waals surface area contributed by atoms with Crippen LogP contribution < -0.4 is 11.2 Å². The molecule has 0 amide bonds. The zero-order chi connectivity index (χ0) is 21.3. The molecular weight excluding hydrogens is 444 g/mol. The van der Waals surface area contributed by atoms with Gasteiger partial charge in [0.2, 0.25) is 5.88 Å². The summed E-state index contributed by atoms with van der Waals surface area (Å²) in [6, 6.07) is 9.17. The first-order valence-electron chi connectivity index (χ1n) is 8.33. The van der Waals surface area contributed by atoms with Crippen LogP contribution in [0.25, 0.3) is 5.69 Å². The number of nitrogens with zero attached hydrogens (tertiary/aromatic N) is 3. The van der Waals surface area contributed by atoms with Gasteiger partial charge in [0.15, 0.2) is 0 Å². The third-order valence-corrected chi connectivity index (χ3v) is 5.10. The molecule has 2 N–H and O–H groups in total. The van der Waals surface area contributed by atoms with Crippen LogP contribution in [0.3, 0.4) is 0 Å². The number of halogens is 1. The molecule has 10 heteroatoms. The number of aromatic hydroxyl groups is 1. The van der Waals surface area contributed by atoms with Gasteiger partial charge in [-0.15, -0.1) is 0 Å². The van der Waals surface area contributed by atoms with E-state index in [2.05, 4.69) is 25.9 Å². The smallest absolute Gasteiger partial charge is 0.335 e. The number of benzene rings is 2. The van der Waals surface area contributed by atoms with Gasteiger partial charge in [-0.05, 0) is 43.2 Å². The molecule has 0 saturated carbocycles. The van der Waals surface area contributed by atoms with Gasteiger partial charge in [-0.25, -0.2) is 14.4 Å². The fourth-order valence-corrected chi connectivity index (χ4v) is 3.20. The fourth-order valence-electron chi connectivity index (χ4n) is 2.75. The second-order valence-corrected chi connectivity index (χ2v) is 7.08. The first kappa shape index (κ1) is 20.2. The van der Waals surface area contributed by atoms with Gasteiger partial charge in [-0.3, -0.25) is 19.9 Å². The van der Waals surface area contributed by atoms with E-state index in [0.29, 0.717) is 11.3 Å². The number of nitro groups is 1. The number of hydrogen-bond acceptors (Lipinski definition) is 6. The Balaban J connectivity index is 2.20. The molecule has 0 aliphatic rings. The largest absolute Gasteiger partial charge is 0.493 e. The third kappa shape index (κ3) is 3.87. The molecule has 0 aliphatic heterocycles. The van der Waals surface area contributed by atoms with Crippen molar-refractivity contribution in [1.29, 1.82) is 0 Å². The van der Waals surface area contributed by atoms with Crippen molar-refractivity contribution in [1.82, 2.24) is 9.55 Å². The number of rotatable bonds is 4. The minimum atomic E-state index is -0.863. The lowest BCUT2D eigenvalue weighted by Crippen LogP contribution is -2.31. The van der Waals surface area contributed by atoms with Gasteiger partial charge >= 0.3 is 5.69 Å². The number of aromatic amines is 1. The zero-order valence-corrected chi connectivity index (χ0v) is 16.9. The monoisotopic (exact) mass is 458 g/mol. The summed E-state index contributed by atoms with van der Waals surface area (Å²) >= 11 is 3.40. The molecule has 1 aromatic heterocycles. The van der Waals surface area contributed by atoms with Gasteiger partial charge in [0, 0.05) is 16.8 Å². The summed E-state index contributed by atoms with van der Waals surface area (Å²) < 4.78 is 1.78. The average molecular weight is 459 g/mol. The van der Waals surface area contributed by atoms with Crippen molar-refractivity contribution < 1.29 is 10.0 Å². The Morgan fingerprint density at radius 3 is 2.59 bits per heavy atom. The Hall–Kier alpha value is -3.53. The van der Waals surface area contributed by atoms with E-state index in [0.717, 1.165) is 20.8 Å². The number of aryl methyl sites for hydroxylation is 2. The molecule has 0 fully saturated rings. The lowest BCUT2D eigenvalue weighted by molar-refractivity contribution is -0.384. The Labute approximate surface area is 172 Å². The molecule has 2 aromatic carbocycles. The van der Waals surface area contributed by atoms with Crippen LogP contribution in [0.5, 0.6) is 5.88 Å². The Morgan fingerprint density at radius 2 is 1.90 bits per heavy atom. The van der Waals surface area contributed by atoms with Crippen LogP contribution in [0.1, 0.15) is 16.7 Å². The van der Waals surface area contributed by atoms with Crippen molar-refractivity contribution in [2.45, 2.75) is 13.8 Å². The minimum absolute atomic E-state index is 0.00437. The molecule has 0 radical (unpaired) electrons. The number of hydrogen-bond donors (Lipinski definition) is 2. The van der Waals surface area contributed by atoms with Crippen LogP contribution in [-0.4, -0.2) is 25.8 Å². The van der Waals surface area contributed by atoms with Gasteiger partial charge in [-0.1, -0.05) is 28.1 Å². The first-order chi connectivity index (χ1) is 13.7. The fraction of sp³-hybridized carbons (Fsp3) is 0.105. The van der Waals surface area contributed by atoms with E-state index in [4.69, 9.17) is 0 Å². The van der Waals surface area contributed by atoms with E-state index in [1.807, 2.05) is 6.92 Å². The lowest BCUT2D eigenvalue weighted by Gasteiger charge is -2.14. The van der Waals surface area contributed by atoms with Crippen LogP contribution in [0.2, 0.25) is 0 Å². The van der Waals surface area contributed by atoms with E-state index in [1.165, 1.54) is 18.2 Å². The molecule has 1 heterocycles. The molecule has 0 bridgehead atoms. The van der Waals surface area contributed by atoms with Crippen LogP contribution in [0.4, 0.5) is 11.4 Å². The highest BCUT2D eigenvalue weighted by Crippen LogP contribution is 2.28. The van der Waals surface area contributed by atoms with Crippen LogP contribution in [-0.2, 0) is 0 Å². The van der Waals surface area contributed by atoms with E-state index >= 15 is 0 Å². The van der Waals surface area contributed by atoms with E-state index in [9.17, 15) is 24.8 Å². The summed E-state index contributed by atoms with van der Waals surface area (Å²) in [7, 11) is 0. The van der Waals surface area contributed by atoms with E-state index in [-0.39, 0.29) is 16.9 Å². The lowest BCUT2D eigenvalue weighted by atomic mass is 10.1. The molecule has 9 nitrogen and oxygen atoms in total.